The maximum Gasteiger partial charge on any atom is 0.133 e. The average molecular weight is 338 g/mol. The molecule has 1 unspecified atom stereocenters. The molecule has 0 heterocycles. The van der Waals surface area contributed by atoms with Crippen molar-refractivity contribution in [2.24, 2.45) is 0 Å². The van der Waals surface area contributed by atoms with Crippen molar-refractivity contribution in [3.63, 3.8) is 0 Å². The minimum atomic E-state index is -0.704. The first kappa shape index (κ1) is 14.7. The van der Waals surface area contributed by atoms with Crippen molar-refractivity contribution in [2.75, 3.05) is 19.5 Å². The molecule has 2 rings (SSSR count). The van der Waals surface area contributed by atoms with E-state index in [0.29, 0.717) is 11.4 Å². The van der Waals surface area contributed by atoms with E-state index in [-0.39, 0.29) is 6.61 Å². The molecule has 2 aromatic rings. The summed E-state index contributed by atoms with van der Waals surface area (Å²) in [7, 11) is 1.60. The predicted molar refractivity (Wildman–Crippen MR) is 82.0 cm³/mol. The van der Waals surface area contributed by atoms with Gasteiger partial charge < -0.3 is 20.3 Å². The van der Waals surface area contributed by atoms with E-state index in [1.165, 1.54) is 0 Å². The van der Waals surface area contributed by atoms with Gasteiger partial charge in [-0.3, -0.25) is 0 Å². The molecule has 4 nitrogen and oxygen atoms in total. The van der Waals surface area contributed by atoms with Crippen LogP contribution < -0.4 is 15.2 Å². The number of hydrogen-bond acceptors (Lipinski definition) is 4. The molecule has 0 saturated heterocycles. The third-order valence-corrected chi connectivity index (χ3v) is 3.48. The first-order chi connectivity index (χ1) is 9.60. The van der Waals surface area contributed by atoms with Crippen LogP contribution in [0, 0.1) is 0 Å². The number of nitrogens with two attached hydrogens (primary N) is 1. The van der Waals surface area contributed by atoms with Crippen molar-refractivity contribution in [1.82, 2.24) is 0 Å². The van der Waals surface area contributed by atoms with Crippen LogP contribution in [-0.4, -0.2) is 18.8 Å². The third kappa shape index (κ3) is 3.65. The minimum absolute atomic E-state index is 0.162. The molecule has 20 heavy (non-hydrogen) atoms. The van der Waals surface area contributed by atoms with E-state index in [0.717, 1.165) is 15.8 Å². The lowest BCUT2D eigenvalue weighted by atomic mass is 10.1. The van der Waals surface area contributed by atoms with Gasteiger partial charge in [-0.05, 0) is 51.8 Å². The van der Waals surface area contributed by atoms with Crippen molar-refractivity contribution in [1.29, 1.82) is 0 Å². The first-order valence-corrected chi connectivity index (χ1v) is 6.89. The molecule has 0 aromatic heterocycles. The van der Waals surface area contributed by atoms with Gasteiger partial charge in [-0.25, -0.2) is 0 Å². The van der Waals surface area contributed by atoms with Gasteiger partial charge in [-0.2, -0.15) is 0 Å². The Balaban J connectivity index is 1.99. The van der Waals surface area contributed by atoms with Gasteiger partial charge in [0.15, 0.2) is 0 Å². The Labute approximate surface area is 126 Å². The smallest absolute Gasteiger partial charge is 0.133 e. The molecule has 1 atom stereocenters. The van der Waals surface area contributed by atoms with Crippen LogP contribution >= 0.6 is 15.9 Å². The van der Waals surface area contributed by atoms with Gasteiger partial charge in [0.2, 0.25) is 0 Å². The summed E-state index contributed by atoms with van der Waals surface area (Å²) in [4.78, 5) is 0. The number of aliphatic hydroxyl groups is 1. The lowest BCUT2D eigenvalue weighted by Gasteiger charge is -2.14. The van der Waals surface area contributed by atoms with E-state index in [4.69, 9.17) is 15.2 Å². The molecule has 0 bridgehead atoms. The molecule has 0 fully saturated rings. The summed E-state index contributed by atoms with van der Waals surface area (Å²) in [6.07, 6.45) is -0.704. The molecule has 106 valence electrons. The lowest BCUT2D eigenvalue weighted by molar-refractivity contribution is 0.108. The second-order valence-corrected chi connectivity index (χ2v) is 5.14. The zero-order valence-electron chi connectivity index (χ0n) is 11.0. The number of nitrogen functional groups attached to an aromatic ring is 1. The summed E-state index contributed by atoms with van der Waals surface area (Å²) < 4.78 is 11.5. The normalized spacial score (nSPS) is 11.9. The van der Waals surface area contributed by atoms with Crippen LogP contribution in [0.2, 0.25) is 0 Å². The molecule has 0 amide bonds. The second-order valence-electron chi connectivity index (χ2n) is 4.29. The van der Waals surface area contributed by atoms with Crippen LogP contribution in [0.4, 0.5) is 5.69 Å². The van der Waals surface area contributed by atoms with Gasteiger partial charge in [0.1, 0.15) is 24.2 Å². The van der Waals surface area contributed by atoms with E-state index in [1.54, 1.807) is 43.5 Å². The van der Waals surface area contributed by atoms with Crippen molar-refractivity contribution in [3.05, 3.63) is 52.5 Å². The third-order valence-electron chi connectivity index (χ3n) is 2.86. The monoisotopic (exact) mass is 337 g/mol. The zero-order chi connectivity index (χ0) is 14.5. The molecule has 2 aromatic carbocycles. The summed E-state index contributed by atoms with van der Waals surface area (Å²) in [5, 5.41) is 10.1. The fraction of sp³-hybridized carbons (Fsp3) is 0.200. The number of aliphatic hydroxyl groups excluding tert-OH is 1. The molecule has 0 aliphatic rings. The van der Waals surface area contributed by atoms with Crippen LogP contribution in [0.3, 0.4) is 0 Å². The largest absolute Gasteiger partial charge is 0.497 e. The molecule has 3 N–H and O–H groups in total. The van der Waals surface area contributed by atoms with Gasteiger partial charge >= 0.3 is 0 Å². The fourth-order valence-corrected chi connectivity index (χ4v) is 2.18. The van der Waals surface area contributed by atoms with E-state index < -0.39 is 6.10 Å². The first-order valence-electron chi connectivity index (χ1n) is 6.10. The quantitative estimate of drug-likeness (QED) is 0.822. The maximum absolute atomic E-state index is 10.1. The highest BCUT2D eigenvalue weighted by molar-refractivity contribution is 9.10. The van der Waals surface area contributed by atoms with Gasteiger partial charge in [-0.15, -0.1) is 0 Å². The van der Waals surface area contributed by atoms with E-state index in [9.17, 15) is 5.11 Å². The Morgan fingerprint density at radius 2 is 1.90 bits per heavy atom. The standard InChI is InChI=1S/C15H16BrNO3/c1-19-12-6-7-15(13(16)8-12)20-9-14(18)10-2-4-11(17)5-3-10/h2-8,14,18H,9,17H2,1H3. The summed E-state index contributed by atoms with van der Waals surface area (Å²) >= 11 is 3.40. The molecule has 0 radical (unpaired) electrons. The molecule has 0 aliphatic heterocycles. The number of benzene rings is 2. The summed E-state index contributed by atoms with van der Waals surface area (Å²) in [5.74, 6) is 1.39. The Bertz CT molecular complexity index is 572. The molecular weight excluding hydrogens is 322 g/mol. The molecule has 0 saturated carbocycles. The number of methoxy groups -OCH3 is 1. The Kier molecular flexibility index (Phi) is 4.87. The van der Waals surface area contributed by atoms with Crippen LogP contribution in [-0.2, 0) is 0 Å². The highest BCUT2D eigenvalue weighted by Crippen LogP contribution is 2.30. The van der Waals surface area contributed by atoms with Gasteiger partial charge in [0.05, 0.1) is 11.6 Å². The van der Waals surface area contributed by atoms with Crippen molar-refractivity contribution < 1.29 is 14.6 Å². The maximum atomic E-state index is 10.1. The Morgan fingerprint density at radius 1 is 1.20 bits per heavy atom. The van der Waals surface area contributed by atoms with Crippen LogP contribution in [0.1, 0.15) is 11.7 Å². The fourth-order valence-electron chi connectivity index (χ4n) is 1.71. The Morgan fingerprint density at radius 3 is 2.50 bits per heavy atom. The van der Waals surface area contributed by atoms with E-state index in [2.05, 4.69) is 15.9 Å². The summed E-state index contributed by atoms with van der Waals surface area (Å²) in [5.41, 5.74) is 7.04. The van der Waals surface area contributed by atoms with Gasteiger partial charge in [0.25, 0.3) is 0 Å². The molecule has 0 spiro atoms. The van der Waals surface area contributed by atoms with Gasteiger partial charge in [0, 0.05) is 5.69 Å². The van der Waals surface area contributed by atoms with Crippen LogP contribution in [0.25, 0.3) is 0 Å². The van der Waals surface area contributed by atoms with Crippen molar-refractivity contribution >= 4 is 21.6 Å². The number of rotatable bonds is 5. The van der Waals surface area contributed by atoms with Crippen molar-refractivity contribution in [2.45, 2.75) is 6.10 Å². The molecule has 0 aliphatic carbocycles. The van der Waals surface area contributed by atoms with Gasteiger partial charge in [-0.1, -0.05) is 12.1 Å². The lowest BCUT2D eigenvalue weighted by Crippen LogP contribution is -2.10. The number of hydrogen-bond donors (Lipinski definition) is 2. The van der Waals surface area contributed by atoms with E-state index >= 15 is 0 Å². The summed E-state index contributed by atoms with van der Waals surface area (Å²) in [6.45, 7) is 0.162. The number of halogens is 1. The highest BCUT2D eigenvalue weighted by atomic mass is 79.9. The highest BCUT2D eigenvalue weighted by Gasteiger charge is 2.10. The summed E-state index contributed by atoms with van der Waals surface area (Å²) in [6, 6.07) is 12.5. The second kappa shape index (κ2) is 6.63. The number of ether oxygens (including phenoxy) is 2. The molecule has 5 heteroatoms. The molecular formula is C15H16BrNO3. The van der Waals surface area contributed by atoms with Crippen molar-refractivity contribution in [3.8, 4) is 11.5 Å². The average Bonchev–Trinajstić information content (AvgIpc) is 2.46. The SMILES string of the molecule is COc1ccc(OCC(O)c2ccc(N)cc2)c(Br)c1. The topological polar surface area (TPSA) is 64.7 Å². The predicted octanol–water partition coefficient (Wildman–Crippen LogP) is 3.15. The minimum Gasteiger partial charge on any atom is -0.497 e. The van der Waals surface area contributed by atoms with Crippen LogP contribution in [0.15, 0.2) is 46.9 Å². The zero-order valence-corrected chi connectivity index (χ0v) is 12.6. The number of anilines is 1. The van der Waals surface area contributed by atoms with E-state index in [1.807, 2.05) is 6.07 Å². The van der Waals surface area contributed by atoms with Crippen LogP contribution in [0.5, 0.6) is 11.5 Å². The Hall–Kier alpha value is -1.72.